The Morgan fingerprint density at radius 1 is 1.23 bits per heavy atom. The number of amides is 1. The monoisotopic (exact) mass is 367 g/mol. The van der Waals surface area contributed by atoms with Crippen LogP contribution >= 0.6 is 11.3 Å². The van der Waals surface area contributed by atoms with E-state index in [-0.39, 0.29) is 18.0 Å². The van der Waals surface area contributed by atoms with Crippen LogP contribution in [0.15, 0.2) is 24.3 Å². The molecule has 1 saturated heterocycles. The summed E-state index contributed by atoms with van der Waals surface area (Å²) in [5, 5.41) is 9.57. The number of fused-ring (bicyclic) bond motifs is 4. The Labute approximate surface area is 155 Å². The average Bonchev–Trinajstić information content (AvgIpc) is 3.28. The molecular formula is C19H21N5OS. The van der Waals surface area contributed by atoms with Crippen LogP contribution in [-0.4, -0.2) is 42.6 Å². The summed E-state index contributed by atoms with van der Waals surface area (Å²) in [5.74, 6) is 2.24. The summed E-state index contributed by atoms with van der Waals surface area (Å²) in [6, 6.07) is 8.71. The Morgan fingerprint density at radius 3 is 2.96 bits per heavy atom. The van der Waals surface area contributed by atoms with Crippen molar-refractivity contribution in [2.24, 2.45) is 0 Å². The molecule has 134 valence electrons. The Bertz CT molecular complexity index is 944. The zero-order valence-electron chi connectivity index (χ0n) is 14.8. The number of thiazole rings is 1. The average molecular weight is 367 g/mol. The first-order valence-electron chi connectivity index (χ1n) is 9.23. The van der Waals surface area contributed by atoms with E-state index in [1.807, 2.05) is 25.1 Å². The van der Waals surface area contributed by atoms with Crippen LogP contribution in [-0.2, 0) is 24.2 Å². The molecule has 6 nitrogen and oxygen atoms in total. The number of aromatic nitrogens is 4. The fourth-order valence-electron chi connectivity index (χ4n) is 4.35. The highest BCUT2D eigenvalue weighted by atomic mass is 32.1. The molecule has 0 aliphatic carbocycles. The number of aryl methyl sites for hydroxylation is 2. The summed E-state index contributed by atoms with van der Waals surface area (Å²) in [6.07, 6.45) is 4.23. The van der Waals surface area contributed by atoms with Gasteiger partial charge in [-0.3, -0.25) is 4.79 Å². The van der Waals surface area contributed by atoms with Crippen molar-refractivity contribution in [2.75, 3.05) is 0 Å². The van der Waals surface area contributed by atoms with Gasteiger partial charge in [-0.25, -0.2) is 4.98 Å². The van der Waals surface area contributed by atoms with Crippen LogP contribution in [0.2, 0.25) is 0 Å². The molecule has 2 aliphatic heterocycles. The number of rotatable bonds is 3. The second-order valence-corrected chi connectivity index (χ2v) is 8.35. The first-order chi connectivity index (χ1) is 12.7. The van der Waals surface area contributed by atoms with Gasteiger partial charge < -0.3 is 9.47 Å². The number of hydrogen-bond acceptors (Lipinski definition) is 5. The smallest absolute Gasteiger partial charge is 0.223 e. The van der Waals surface area contributed by atoms with Gasteiger partial charge in [0.15, 0.2) is 0 Å². The highest BCUT2D eigenvalue weighted by molar-refractivity contribution is 7.18. The van der Waals surface area contributed by atoms with Crippen LogP contribution in [0, 0.1) is 6.92 Å². The van der Waals surface area contributed by atoms with Crippen molar-refractivity contribution in [3.05, 3.63) is 40.9 Å². The Morgan fingerprint density at radius 2 is 2.08 bits per heavy atom. The molecule has 4 heterocycles. The van der Waals surface area contributed by atoms with Crippen molar-refractivity contribution < 1.29 is 4.79 Å². The summed E-state index contributed by atoms with van der Waals surface area (Å²) < 4.78 is 3.38. The molecule has 0 unspecified atom stereocenters. The SMILES string of the molecule is Cc1nnc2n1C[C@H]1CC[C@@H](C2)N1C(=O)CCc1nc2ccccc2s1. The van der Waals surface area contributed by atoms with Gasteiger partial charge in [-0.2, -0.15) is 0 Å². The third-order valence-electron chi connectivity index (χ3n) is 5.62. The lowest BCUT2D eigenvalue weighted by atomic mass is 10.1. The van der Waals surface area contributed by atoms with Gasteiger partial charge in [-0.15, -0.1) is 21.5 Å². The molecule has 2 aliphatic rings. The van der Waals surface area contributed by atoms with Crippen LogP contribution in [0.3, 0.4) is 0 Å². The molecule has 1 aromatic carbocycles. The topological polar surface area (TPSA) is 63.9 Å². The Balaban J connectivity index is 1.31. The van der Waals surface area contributed by atoms with E-state index in [2.05, 4.69) is 30.7 Å². The number of nitrogens with zero attached hydrogens (tertiary/aromatic N) is 5. The van der Waals surface area contributed by atoms with E-state index in [0.29, 0.717) is 6.42 Å². The first kappa shape index (κ1) is 15.9. The molecule has 0 N–H and O–H groups in total. The van der Waals surface area contributed by atoms with E-state index in [9.17, 15) is 4.79 Å². The first-order valence-corrected chi connectivity index (χ1v) is 10.0. The second kappa shape index (κ2) is 6.16. The van der Waals surface area contributed by atoms with E-state index < -0.39 is 0 Å². The van der Waals surface area contributed by atoms with E-state index in [0.717, 1.165) is 54.4 Å². The van der Waals surface area contributed by atoms with E-state index >= 15 is 0 Å². The lowest BCUT2D eigenvalue weighted by molar-refractivity contribution is -0.134. The molecule has 3 aromatic rings. The summed E-state index contributed by atoms with van der Waals surface area (Å²) >= 11 is 1.70. The van der Waals surface area contributed by atoms with Crippen LogP contribution in [0.1, 0.15) is 35.9 Å². The maximum Gasteiger partial charge on any atom is 0.223 e. The van der Waals surface area contributed by atoms with Crippen molar-refractivity contribution in [1.82, 2.24) is 24.6 Å². The number of para-hydroxylation sites is 1. The fourth-order valence-corrected chi connectivity index (χ4v) is 5.32. The zero-order valence-corrected chi connectivity index (χ0v) is 15.6. The zero-order chi connectivity index (χ0) is 17.7. The molecule has 1 fully saturated rings. The third kappa shape index (κ3) is 2.61. The van der Waals surface area contributed by atoms with Crippen LogP contribution < -0.4 is 0 Å². The molecule has 2 bridgehead atoms. The predicted octanol–water partition coefficient (Wildman–Crippen LogP) is 2.74. The molecule has 0 saturated carbocycles. The largest absolute Gasteiger partial charge is 0.334 e. The van der Waals surface area contributed by atoms with Crippen molar-refractivity contribution in [3.8, 4) is 0 Å². The number of hydrogen-bond donors (Lipinski definition) is 0. The highest BCUT2D eigenvalue weighted by Gasteiger charge is 2.40. The fraction of sp³-hybridized carbons (Fsp3) is 0.474. The standard InChI is InChI=1S/C19H21N5OS/c1-12-21-22-17-10-13-6-7-14(11-23(12)17)24(13)19(25)9-8-18-20-15-4-2-3-5-16(15)26-18/h2-5,13-14H,6-11H2,1H3/t13-,14+/m0/s1. The van der Waals surface area contributed by atoms with E-state index in [1.165, 1.54) is 4.70 Å². The van der Waals surface area contributed by atoms with Crippen LogP contribution in [0.4, 0.5) is 0 Å². The predicted molar refractivity (Wildman–Crippen MR) is 100 cm³/mol. The lowest BCUT2D eigenvalue weighted by Gasteiger charge is -2.28. The number of carbonyl (C=O) groups excluding carboxylic acids is 1. The minimum atomic E-state index is 0.258. The van der Waals surface area contributed by atoms with Crippen molar-refractivity contribution >= 4 is 27.5 Å². The van der Waals surface area contributed by atoms with Gasteiger partial charge in [0, 0.05) is 31.8 Å². The molecule has 2 atom stereocenters. The summed E-state index contributed by atoms with van der Waals surface area (Å²) in [5.41, 5.74) is 1.03. The normalized spacial score (nSPS) is 21.8. The van der Waals surface area contributed by atoms with Gasteiger partial charge in [-0.1, -0.05) is 12.1 Å². The molecule has 5 rings (SSSR count). The van der Waals surface area contributed by atoms with Gasteiger partial charge in [0.25, 0.3) is 0 Å². The van der Waals surface area contributed by atoms with E-state index in [1.54, 1.807) is 11.3 Å². The molecule has 1 amide bonds. The highest BCUT2D eigenvalue weighted by Crippen LogP contribution is 2.32. The minimum absolute atomic E-state index is 0.258. The Kier molecular flexibility index (Phi) is 3.77. The molecule has 0 radical (unpaired) electrons. The van der Waals surface area contributed by atoms with Gasteiger partial charge in [0.1, 0.15) is 11.6 Å². The maximum absolute atomic E-state index is 13.0. The molecule has 7 heteroatoms. The molecular weight excluding hydrogens is 346 g/mol. The second-order valence-electron chi connectivity index (χ2n) is 7.24. The number of carbonyl (C=O) groups is 1. The molecule has 2 aromatic heterocycles. The van der Waals surface area contributed by atoms with Crippen LogP contribution in [0.25, 0.3) is 10.2 Å². The summed E-state index contributed by atoms with van der Waals surface area (Å²) in [7, 11) is 0. The third-order valence-corrected chi connectivity index (χ3v) is 6.72. The van der Waals surface area contributed by atoms with Crippen LogP contribution in [0.5, 0.6) is 0 Å². The Hall–Kier alpha value is -2.28. The van der Waals surface area contributed by atoms with E-state index in [4.69, 9.17) is 0 Å². The van der Waals surface area contributed by atoms with Crippen molar-refractivity contribution in [3.63, 3.8) is 0 Å². The van der Waals surface area contributed by atoms with Crippen molar-refractivity contribution in [1.29, 1.82) is 0 Å². The molecule has 0 spiro atoms. The summed E-state index contributed by atoms with van der Waals surface area (Å²) in [6.45, 7) is 2.83. The molecule has 26 heavy (non-hydrogen) atoms. The number of benzene rings is 1. The van der Waals surface area contributed by atoms with Gasteiger partial charge in [0.05, 0.1) is 21.3 Å². The van der Waals surface area contributed by atoms with Gasteiger partial charge in [-0.05, 0) is 31.9 Å². The maximum atomic E-state index is 13.0. The quantitative estimate of drug-likeness (QED) is 0.714. The minimum Gasteiger partial charge on any atom is -0.334 e. The van der Waals surface area contributed by atoms with Gasteiger partial charge in [0.2, 0.25) is 5.91 Å². The van der Waals surface area contributed by atoms with Gasteiger partial charge >= 0.3 is 0 Å². The lowest BCUT2D eigenvalue weighted by Crippen LogP contribution is -2.42. The summed E-state index contributed by atoms with van der Waals surface area (Å²) in [4.78, 5) is 19.8. The van der Waals surface area contributed by atoms with Crippen molar-refractivity contribution in [2.45, 2.75) is 57.7 Å².